The molecule has 2 fully saturated rings. The maximum Gasteiger partial charge on any atom is 0.116 e. The van der Waals surface area contributed by atoms with Crippen molar-refractivity contribution in [3.05, 3.63) is 34.9 Å². The van der Waals surface area contributed by atoms with Gasteiger partial charge in [-0.25, -0.2) is 0 Å². The Morgan fingerprint density at radius 1 is 1.14 bits per heavy atom. The Kier molecular flexibility index (Phi) is 2.98. The third kappa shape index (κ3) is 1.82. The molecule has 0 unspecified atom stereocenters. The number of aromatic hydroxyl groups is 1. The Labute approximate surface area is 131 Å². The van der Waals surface area contributed by atoms with E-state index in [0.29, 0.717) is 6.42 Å². The molecule has 0 amide bonds. The summed E-state index contributed by atoms with van der Waals surface area (Å²) in [5.41, 5.74) is 2.35. The van der Waals surface area contributed by atoms with Crippen LogP contribution in [0, 0.1) is 11.3 Å². The maximum absolute atomic E-state index is 11.5. The lowest BCUT2D eigenvalue weighted by atomic mass is 9.58. The van der Waals surface area contributed by atoms with Crippen LogP contribution in [0.3, 0.4) is 0 Å². The van der Waals surface area contributed by atoms with Gasteiger partial charge < -0.3 is 15.3 Å². The van der Waals surface area contributed by atoms with Crippen molar-refractivity contribution in [2.24, 2.45) is 11.3 Å². The average Bonchev–Trinajstić information content (AvgIpc) is 2.70. The van der Waals surface area contributed by atoms with Gasteiger partial charge in [-0.05, 0) is 78.7 Å². The van der Waals surface area contributed by atoms with Crippen molar-refractivity contribution in [3.8, 4) is 5.75 Å². The summed E-state index contributed by atoms with van der Waals surface area (Å²) >= 11 is 0. The molecule has 22 heavy (non-hydrogen) atoms. The number of fused-ring (bicyclic) bond motifs is 4. The van der Waals surface area contributed by atoms with E-state index in [0.717, 1.165) is 43.2 Å². The fraction of sp³-hybridized carbons (Fsp3) is 0.579. The molecule has 118 valence electrons. The largest absolute Gasteiger partial charge is 0.508 e. The number of hydrogen-bond donors (Lipinski definition) is 3. The van der Waals surface area contributed by atoms with Crippen LogP contribution in [0.4, 0.5) is 0 Å². The van der Waals surface area contributed by atoms with Crippen LogP contribution in [0.2, 0.25) is 0 Å². The predicted octanol–water partition coefficient (Wildman–Crippen LogP) is 3.02. The molecule has 3 aliphatic carbocycles. The molecule has 2 saturated carbocycles. The maximum atomic E-state index is 11.5. The minimum Gasteiger partial charge on any atom is -0.508 e. The zero-order chi connectivity index (χ0) is 15.5. The second kappa shape index (κ2) is 4.59. The van der Waals surface area contributed by atoms with E-state index in [-0.39, 0.29) is 23.2 Å². The second-order valence-corrected chi connectivity index (χ2v) is 7.63. The first-order valence-corrected chi connectivity index (χ1v) is 8.37. The number of benzene rings is 1. The van der Waals surface area contributed by atoms with Gasteiger partial charge >= 0.3 is 0 Å². The van der Waals surface area contributed by atoms with Crippen LogP contribution in [-0.4, -0.2) is 27.0 Å². The van der Waals surface area contributed by atoms with Crippen LogP contribution in [0.25, 0.3) is 6.08 Å². The van der Waals surface area contributed by atoms with Crippen LogP contribution in [0.15, 0.2) is 23.8 Å². The van der Waals surface area contributed by atoms with E-state index < -0.39 is 5.60 Å². The number of rotatable bonds is 0. The zero-order valence-corrected chi connectivity index (χ0v) is 13.0. The highest BCUT2D eigenvalue weighted by Crippen LogP contribution is 2.59. The molecule has 0 aromatic heterocycles. The number of phenols is 1. The Bertz CT molecular complexity index is 650. The van der Waals surface area contributed by atoms with Crippen molar-refractivity contribution in [3.63, 3.8) is 0 Å². The van der Waals surface area contributed by atoms with Crippen LogP contribution < -0.4 is 0 Å². The van der Waals surface area contributed by atoms with Crippen LogP contribution >= 0.6 is 0 Å². The van der Waals surface area contributed by atoms with Crippen LogP contribution in [-0.2, 0) is 6.42 Å². The van der Waals surface area contributed by atoms with Gasteiger partial charge in [0, 0.05) is 0 Å². The number of aliphatic hydroxyl groups excluding tert-OH is 1. The van der Waals surface area contributed by atoms with Gasteiger partial charge in [-0.1, -0.05) is 19.1 Å². The van der Waals surface area contributed by atoms with Crippen molar-refractivity contribution >= 4 is 6.08 Å². The van der Waals surface area contributed by atoms with E-state index in [4.69, 9.17) is 0 Å². The van der Waals surface area contributed by atoms with E-state index in [1.165, 1.54) is 5.56 Å². The highest BCUT2D eigenvalue weighted by molar-refractivity contribution is 5.62. The molecule has 3 aliphatic rings. The van der Waals surface area contributed by atoms with E-state index >= 15 is 0 Å². The summed E-state index contributed by atoms with van der Waals surface area (Å²) in [6.07, 6.45) is 6.77. The van der Waals surface area contributed by atoms with Gasteiger partial charge in [0.25, 0.3) is 0 Å². The Balaban J connectivity index is 1.80. The first kappa shape index (κ1) is 14.3. The number of aliphatic hydroxyl groups is 2. The molecule has 0 saturated heterocycles. The highest BCUT2D eigenvalue weighted by Gasteiger charge is 2.58. The number of hydrogen-bond acceptors (Lipinski definition) is 3. The van der Waals surface area contributed by atoms with Gasteiger partial charge in [0.2, 0.25) is 0 Å². The van der Waals surface area contributed by atoms with Crippen LogP contribution in [0.5, 0.6) is 5.75 Å². The summed E-state index contributed by atoms with van der Waals surface area (Å²) in [6.45, 7) is 2.15. The Hall–Kier alpha value is -1.32. The van der Waals surface area contributed by atoms with Crippen LogP contribution in [0.1, 0.15) is 50.2 Å². The highest BCUT2D eigenvalue weighted by atomic mass is 16.3. The summed E-state index contributed by atoms with van der Waals surface area (Å²) < 4.78 is 0. The molecule has 4 atom stereocenters. The topological polar surface area (TPSA) is 60.7 Å². The van der Waals surface area contributed by atoms with Crippen molar-refractivity contribution in [1.82, 2.24) is 0 Å². The Morgan fingerprint density at radius 2 is 1.95 bits per heavy atom. The molecule has 0 heterocycles. The van der Waals surface area contributed by atoms with Gasteiger partial charge in [0.1, 0.15) is 5.75 Å². The third-order valence-electron chi connectivity index (χ3n) is 6.59. The van der Waals surface area contributed by atoms with Crippen molar-refractivity contribution in [2.75, 3.05) is 0 Å². The first-order valence-electron chi connectivity index (χ1n) is 8.37. The van der Waals surface area contributed by atoms with Crippen molar-refractivity contribution in [2.45, 2.75) is 57.2 Å². The molecule has 0 radical (unpaired) electrons. The number of phenolic OH excluding ortho intramolecular Hbond substituents is 1. The standard InChI is InChI=1S/C19H24O3/c1-18-8-7-14-10-13-11-15(20)3-2-12(13)6-9-19(14,22)16(18)4-5-17(18)21/h2-3,10-11,16-17,20-22H,4-9H2,1H3/t16-,17+,18+,19-/m1/s1. The fourth-order valence-corrected chi connectivity index (χ4v) is 5.17. The monoisotopic (exact) mass is 300 g/mol. The number of aryl methyl sites for hydroxylation is 1. The molecule has 3 heteroatoms. The first-order chi connectivity index (χ1) is 10.4. The van der Waals surface area contributed by atoms with Crippen molar-refractivity contribution in [1.29, 1.82) is 0 Å². The Morgan fingerprint density at radius 3 is 2.77 bits per heavy atom. The minimum atomic E-state index is -0.806. The molecule has 4 rings (SSSR count). The molecular formula is C19H24O3. The quantitative estimate of drug-likeness (QED) is 0.690. The lowest BCUT2D eigenvalue weighted by Crippen LogP contribution is -2.51. The van der Waals surface area contributed by atoms with Crippen molar-refractivity contribution < 1.29 is 15.3 Å². The molecule has 0 aliphatic heterocycles. The lowest BCUT2D eigenvalue weighted by molar-refractivity contribution is -0.0875. The van der Waals surface area contributed by atoms with Gasteiger partial charge in [0.05, 0.1) is 11.7 Å². The summed E-state index contributed by atoms with van der Waals surface area (Å²) in [4.78, 5) is 0. The smallest absolute Gasteiger partial charge is 0.116 e. The summed E-state index contributed by atoms with van der Waals surface area (Å²) in [6, 6.07) is 5.48. The third-order valence-corrected chi connectivity index (χ3v) is 6.59. The minimum absolute atomic E-state index is 0.137. The molecule has 0 bridgehead atoms. The average molecular weight is 300 g/mol. The molecule has 1 aromatic carbocycles. The van der Waals surface area contributed by atoms with E-state index in [9.17, 15) is 15.3 Å². The second-order valence-electron chi connectivity index (χ2n) is 7.63. The van der Waals surface area contributed by atoms with Gasteiger partial charge in [-0.15, -0.1) is 0 Å². The molecule has 3 nitrogen and oxygen atoms in total. The molecular weight excluding hydrogens is 276 g/mol. The molecule has 1 aromatic rings. The van der Waals surface area contributed by atoms with E-state index in [1.807, 2.05) is 6.07 Å². The summed E-state index contributed by atoms with van der Waals surface area (Å²) in [5.74, 6) is 0.413. The normalized spacial score (nSPS) is 40.2. The van der Waals surface area contributed by atoms with Gasteiger partial charge in [0.15, 0.2) is 0 Å². The van der Waals surface area contributed by atoms with E-state index in [2.05, 4.69) is 13.0 Å². The zero-order valence-electron chi connectivity index (χ0n) is 13.0. The fourth-order valence-electron chi connectivity index (χ4n) is 5.17. The lowest BCUT2D eigenvalue weighted by Gasteiger charge is -2.50. The van der Waals surface area contributed by atoms with E-state index in [1.54, 1.807) is 12.1 Å². The van der Waals surface area contributed by atoms with Gasteiger partial charge in [-0.3, -0.25) is 0 Å². The summed E-state index contributed by atoms with van der Waals surface area (Å²) in [5, 5.41) is 31.7. The molecule has 0 spiro atoms. The predicted molar refractivity (Wildman–Crippen MR) is 85.4 cm³/mol. The molecule has 3 N–H and O–H groups in total. The SMILES string of the molecule is C[C@]12CCC3=Cc4cc(O)ccc4CC[C@]3(O)[C@@H]1CC[C@@H]2O. The summed E-state index contributed by atoms with van der Waals surface area (Å²) in [7, 11) is 0. The van der Waals surface area contributed by atoms with Gasteiger partial charge in [-0.2, -0.15) is 0 Å².